The number of ether oxygens (including phenoxy) is 4. The minimum absolute atomic E-state index is 0.393. The zero-order valence-corrected chi connectivity index (χ0v) is 35.0. The number of nitrogens with zero attached hydrogens (tertiary/aromatic N) is 8. The highest BCUT2D eigenvalue weighted by atomic mass is 79.9. The molecule has 4 atom stereocenters. The molecule has 8 rings (SSSR count). The first-order chi connectivity index (χ1) is 29.1. The minimum Gasteiger partial charge on any atom is -0.495 e. The van der Waals surface area contributed by atoms with Crippen LogP contribution in [0.5, 0.6) is 23.3 Å². The molecule has 16 heteroatoms. The molecular weight excluding hydrogens is 827 g/mol. The van der Waals surface area contributed by atoms with Crippen molar-refractivity contribution >= 4 is 28.5 Å². The summed E-state index contributed by atoms with van der Waals surface area (Å²) in [4.78, 5) is 26.1. The van der Waals surface area contributed by atoms with Crippen LogP contribution in [0.25, 0.3) is 11.1 Å². The largest absolute Gasteiger partial charge is 0.495 e. The topological polar surface area (TPSA) is 202 Å². The molecule has 0 bridgehead atoms. The lowest BCUT2D eigenvalue weighted by molar-refractivity contribution is 0.282. The first-order valence-electron chi connectivity index (χ1n) is 19.0. The van der Waals surface area contributed by atoms with Crippen molar-refractivity contribution in [1.82, 2.24) is 29.9 Å². The van der Waals surface area contributed by atoms with Gasteiger partial charge >= 0.3 is 7.12 Å². The van der Waals surface area contributed by atoms with Gasteiger partial charge in [-0.2, -0.15) is 20.5 Å². The standard InChI is InChI=1S/C22H20N4O2.C15H16BrN3O2.C7H6BNO2/c1-14-24-12-20(16-5-3-15(10-23)4-6-16)22(26-14)28-13-17-9-19(17)21-8-7-18(27-2)11-25-21;1-9-17-7-13(16)15(19-9)21-8-10-5-12(10)14-4-3-11(20-2)6-18-14;9-5-6-1-3-7(4-2-6)8(10)11/h3-8,11-12,17,19H,9,13H2,1-2H3;3-4,6-7,10,12H,5,8H2,1-2H3;1-4,10-11H/t17-,19?;10-,12+;/m11./s1. The van der Waals surface area contributed by atoms with Crippen molar-refractivity contribution in [2.75, 3.05) is 27.4 Å². The van der Waals surface area contributed by atoms with Crippen molar-refractivity contribution in [1.29, 1.82) is 10.5 Å². The number of aryl methyl sites for hydroxylation is 2. The monoisotopic (exact) mass is 868 g/mol. The van der Waals surface area contributed by atoms with Gasteiger partial charge in [0.05, 0.1) is 73.1 Å². The molecule has 2 aromatic carbocycles. The molecular formula is C44H42BBrN8O6. The third-order valence-electron chi connectivity index (χ3n) is 9.83. The zero-order chi connectivity index (χ0) is 42.6. The van der Waals surface area contributed by atoms with Crippen molar-refractivity contribution in [3.63, 3.8) is 0 Å². The van der Waals surface area contributed by atoms with Crippen molar-refractivity contribution < 1.29 is 29.0 Å². The van der Waals surface area contributed by atoms with Crippen molar-refractivity contribution in [3.05, 3.63) is 136 Å². The Kier molecular flexibility index (Phi) is 14.7. The van der Waals surface area contributed by atoms with Crippen LogP contribution < -0.4 is 24.4 Å². The molecule has 2 saturated carbocycles. The van der Waals surface area contributed by atoms with Crippen LogP contribution in [-0.4, -0.2) is 74.5 Å². The maximum atomic E-state index is 8.98. The number of hydrogen-bond donors (Lipinski definition) is 2. The van der Waals surface area contributed by atoms with Crippen LogP contribution in [0, 0.1) is 48.3 Å². The van der Waals surface area contributed by atoms with E-state index in [-0.39, 0.29) is 0 Å². The van der Waals surface area contributed by atoms with Crippen molar-refractivity contribution in [2.24, 2.45) is 11.8 Å². The summed E-state index contributed by atoms with van der Waals surface area (Å²) in [5, 5.41) is 34.7. The van der Waals surface area contributed by atoms with E-state index in [1.807, 2.05) is 56.3 Å². The molecule has 1 unspecified atom stereocenters. The molecule has 2 aliphatic carbocycles. The summed E-state index contributed by atoms with van der Waals surface area (Å²) in [7, 11) is 1.83. The van der Waals surface area contributed by atoms with Crippen LogP contribution in [0.15, 0.2) is 102 Å². The van der Waals surface area contributed by atoms with Gasteiger partial charge in [-0.15, -0.1) is 0 Å². The van der Waals surface area contributed by atoms with Gasteiger partial charge in [0, 0.05) is 47.5 Å². The van der Waals surface area contributed by atoms with Gasteiger partial charge in [-0.25, -0.2) is 9.97 Å². The number of halogens is 1. The Morgan fingerprint density at radius 1 is 0.650 bits per heavy atom. The average molecular weight is 870 g/mol. The lowest BCUT2D eigenvalue weighted by Gasteiger charge is -2.11. The van der Waals surface area contributed by atoms with Gasteiger partial charge in [-0.1, -0.05) is 24.3 Å². The first-order valence-corrected chi connectivity index (χ1v) is 19.8. The fourth-order valence-electron chi connectivity index (χ4n) is 6.17. The van der Waals surface area contributed by atoms with Gasteiger partial charge in [0.15, 0.2) is 0 Å². The smallest absolute Gasteiger partial charge is 0.488 e. The van der Waals surface area contributed by atoms with Crippen LogP contribution in [0.2, 0.25) is 0 Å². The third kappa shape index (κ3) is 11.8. The lowest BCUT2D eigenvalue weighted by atomic mass is 9.80. The summed E-state index contributed by atoms with van der Waals surface area (Å²) >= 11 is 3.40. The number of nitriles is 2. The Labute approximate surface area is 357 Å². The van der Waals surface area contributed by atoms with E-state index in [1.165, 1.54) is 24.3 Å². The molecule has 4 aromatic heterocycles. The predicted octanol–water partition coefficient (Wildman–Crippen LogP) is 6.28. The highest BCUT2D eigenvalue weighted by Crippen LogP contribution is 2.48. The van der Waals surface area contributed by atoms with Gasteiger partial charge in [-0.05, 0) is 102 Å². The first kappa shape index (κ1) is 43.1. The quantitative estimate of drug-likeness (QED) is 0.130. The fraction of sp³-hybridized carbons (Fsp3) is 0.273. The molecule has 2 aliphatic rings. The Morgan fingerprint density at radius 2 is 1.13 bits per heavy atom. The Balaban J connectivity index is 0.000000166. The summed E-state index contributed by atoms with van der Waals surface area (Å²) in [5.74, 6) is 5.89. The number of pyridine rings is 2. The molecule has 60 heavy (non-hydrogen) atoms. The van der Waals surface area contributed by atoms with Gasteiger partial charge in [0.2, 0.25) is 11.8 Å². The molecule has 0 radical (unpaired) electrons. The van der Waals surface area contributed by atoms with E-state index in [1.54, 1.807) is 51.1 Å². The van der Waals surface area contributed by atoms with Gasteiger partial charge in [-0.3, -0.25) is 9.97 Å². The Bertz CT molecular complexity index is 2430. The summed E-state index contributed by atoms with van der Waals surface area (Å²) in [6.45, 7) is 4.92. The molecule has 14 nitrogen and oxygen atoms in total. The van der Waals surface area contributed by atoms with E-state index in [9.17, 15) is 0 Å². The molecule has 0 saturated heterocycles. The molecule has 0 spiro atoms. The summed E-state index contributed by atoms with van der Waals surface area (Å²) in [5.41, 5.74) is 5.45. The van der Waals surface area contributed by atoms with Crippen LogP contribution in [0.4, 0.5) is 0 Å². The van der Waals surface area contributed by atoms with Crippen LogP contribution >= 0.6 is 15.9 Å². The zero-order valence-electron chi connectivity index (χ0n) is 33.4. The number of rotatable bonds is 12. The maximum Gasteiger partial charge on any atom is 0.488 e. The Hall–Kier alpha value is -6.46. The lowest BCUT2D eigenvalue weighted by Crippen LogP contribution is -2.29. The van der Waals surface area contributed by atoms with Gasteiger partial charge < -0.3 is 29.0 Å². The van der Waals surface area contributed by atoms with Crippen LogP contribution in [-0.2, 0) is 0 Å². The second-order valence-electron chi connectivity index (χ2n) is 14.1. The Morgan fingerprint density at radius 3 is 1.60 bits per heavy atom. The SMILES string of the molecule is COc1ccc(C2C[C@@H]2COc2nc(C)ncc2-c2ccc(C#N)cc2)nc1.COc1ccc([C@H]2C[C@@H]2COc2nc(C)ncc2Br)nc1.N#Cc1ccc(B(O)O)cc1. The van der Waals surface area contributed by atoms with Crippen molar-refractivity contribution in [2.45, 2.75) is 38.5 Å². The van der Waals surface area contributed by atoms with E-state index in [4.69, 9.17) is 39.5 Å². The molecule has 0 amide bonds. The van der Waals surface area contributed by atoms with E-state index >= 15 is 0 Å². The molecule has 0 aliphatic heterocycles. The second-order valence-corrected chi connectivity index (χ2v) is 14.9. The summed E-state index contributed by atoms with van der Waals surface area (Å²) < 4.78 is 22.9. The molecule has 6 aromatic rings. The second kappa shape index (κ2) is 20.5. The molecule has 304 valence electrons. The number of aromatic nitrogens is 6. The maximum absolute atomic E-state index is 8.98. The number of methoxy groups -OCH3 is 2. The molecule has 2 N–H and O–H groups in total. The van der Waals surface area contributed by atoms with Gasteiger partial charge in [0.25, 0.3) is 0 Å². The normalized spacial score (nSPS) is 16.9. The fourth-order valence-corrected chi connectivity index (χ4v) is 6.48. The highest BCUT2D eigenvalue weighted by molar-refractivity contribution is 9.10. The van der Waals surface area contributed by atoms with E-state index < -0.39 is 7.12 Å². The summed E-state index contributed by atoms with van der Waals surface area (Å²) in [6, 6.07) is 25.4. The van der Waals surface area contributed by atoms with Gasteiger partial charge in [0.1, 0.15) is 23.1 Å². The average Bonchev–Trinajstić information content (AvgIpc) is 4.23. The van der Waals surface area contributed by atoms with Crippen molar-refractivity contribution in [3.8, 4) is 46.5 Å². The molecule has 2 fully saturated rings. The predicted molar refractivity (Wildman–Crippen MR) is 227 cm³/mol. The van der Waals surface area contributed by atoms with Crippen LogP contribution in [0.1, 0.15) is 58.8 Å². The van der Waals surface area contributed by atoms with E-state index in [2.05, 4.69) is 51.9 Å². The summed E-state index contributed by atoms with van der Waals surface area (Å²) in [6.07, 6.45) is 9.15. The number of hydrogen-bond acceptors (Lipinski definition) is 14. The number of benzene rings is 2. The minimum atomic E-state index is -1.46. The van der Waals surface area contributed by atoms with E-state index in [0.717, 1.165) is 51.3 Å². The van der Waals surface area contributed by atoms with Crippen LogP contribution in [0.3, 0.4) is 0 Å². The van der Waals surface area contributed by atoms with E-state index in [0.29, 0.717) is 76.9 Å². The highest BCUT2D eigenvalue weighted by Gasteiger charge is 2.41. The third-order valence-corrected chi connectivity index (χ3v) is 10.4. The molecule has 4 heterocycles.